The van der Waals surface area contributed by atoms with Crippen LogP contribution in [0.2, 0.25) is 0 Å². The molecule has 0 bridgehead atoms. The van der Waals surface area contributed by atoms with E-state index < -0.39 is 16.0 Å². The van der Waals surface area contributed by atoms with Crippen LogP contribution in [-0.4, -0.2) is 26.1 Å². The monoisotopic (exact) mass is 259 g/mol. The van der Waals surface area contributed by atoms with Crippen molar-refractivity contribution in [2.45, 2.75) is 18.2 Å². The Bertz CT molecular complexity index is 523. The topological polar surface area (TPSA) is 107 Å². The lowest BCUT2D eigenvalue weighted by molar-refractivity contribution is -0.137. The summed E-state index contributed by atoms with van der Waals surface area (Å²) in [7, 11) is -3.73. The second kappa shape index (κ2) is 5.15. The Labute approximate surface area is 99.1 Å². The normalized spacial score (nSPS) is 11.2. The predicted octanol–water partition coefficient (Wildman–Crippen LogP) is 0.496. The lowest BCUT2D eigenvalue weighted by Crippen LogP contribution is -2.12. The molecule has 0 atom stereocenters. The molecule has 0 radical (unpaired) electrons. The Morgan fingerprint density at radius 3 is 2.59 bits per heavy atom. The van der Waals surface area contributed by atoms with Crippen molar-refractivity contribution < 1.29 is 23.1 Å². The number of carboxylic acid groups (broad SMARTS) is 1. The van der Waals surface area contributed by atoms with Gasteiger partial charge in [0, 0.05) is 0 Å². The molecule has 1 rings (SSSR count). The fourth-order valence-corrected chi connectivity index (χ4v) is 1.81. The number of ether oxygens (including phenoxy) is 1. The summed E-state index contributed by atoms with van der Waals surface area (Å²) in [6.07, 6.45) is -0.115. The van der Waals surface area contributed by atoms with Crippen LogP contribution < -0.4 is 9.88 Å². The van der Waals surface area contributed by atoms with Gasteiger partial charge in [0.15, 0.2) is 0 Å². The molecule has 1 aromatic rings. The average Bonchev–Trinajstić information content (AvgIpc) is 2.18. The Kier molecular flexibility index (Phi) is 4.08. The first-order valence-electron chi connectivity index (χ1n) is 4.79. The molecule has 0 unspecified atom stereocenters. The average molecular weight is 259 g/mol. The molecule has 0 aromatic heterocycles. The van der Waals surface area contributed by atoms with Gasteiger partial charge in [-0.25, -0.2) is 13.6 Å². The van der Waals surface area contributed by atoms with E-state index in [1.165, 1.54) is 18.2 Å². The van der Waals surface area contributed by atoms with Gasteiger partial charge in [-0.1, -0.05) is 0 Å². The zero-order valence-corrected chi connectivity index (χ0v) is 10.0. The van der Waals surface area contributed by atoms with Crippen molar-refractivity contribution >= 4 is 16.0 Å². The van der Waals surface area contributed by atoms with Crippen LogP contribution >= 0.6 is 0 Å². The first kappa shape index (κ1) is 13.5. The first-order valence-corrected chi connectivity index (χ1v) is 6.33. The molecule has 0 aliphatic rings. The quantitative estimate of drug-likeness (QED) is 0.800. The van der Waals surface area contributed by atoms with E-state index in [4.69, 9.17) is 15.0 Å². The standard InChI is InChI=1S/C10H13NO5S/c1-7-6-8(17(11,14)15)2-3-9(7)16-5-4-10(12)13/h2-3,6H,4-5H2,1H3,(H,12,13)(H2,11,14,15). The van der Waals surface area contributed by atoms with Crippen molar-refractivity contribution in [3.63, 3.8) is 0 Å². The number of rotatable bonds is 5. The van der Waals surface area contributed by atoms with Crippen LogP contribution in [0.4, 0.5) is 0 Å². The summed E-state index contributed by atoms with van der Waals surface area (Å²) in [5.74, 6) is -0.512. The minimum absolute atomic E-state index is 0.000541. The van der Waals surface area contributed by atoms with Crippen molar-refractivity contribution in [2.24, 2.45) is 5.14 Å². The van der Waals surface area contributed by atoms with Gasteiger partial charge in [-0.15, -0.1) is 0 Å². The van der Waals surface area contributed by atoms with E-state index in [9.17, 15) is 13.2 Å². The number of primary sulfonamides is 1. The maximum Gasteiger partial charge on any atom is 0.306 e. The molecule has 1 aromatic carbocycles. The van der Waals surface area contributed by atoms with Crippen LogP contribution in [0.5, 0.6) is 5.75 Å². The molecule has 0 spiro atoms. The van der Waals surface area contributed by atoms with Crippen LogP contribution in [0.1, 0.15) is 12.0 Å². The number of aryl methyl sites for hydroxylation is 1. The fourth-order valence-electron chi connectivity index (χ4n) is 1.21. The van der Waals surface area contributed by atoms with Gasteiger partial charge in [-0.2, -0.15) is 0 Å². The van der Waals surface area contributed by atoms with E-state index in [1.807, 2.05) is 0 Å². The summed E-state index contributed by atoms with van der Waals surface area (Å²) >= 11 is 0. The molecule has 0 heterocycles. The molecule has 6 nitrogen and oxygen atoms in total. The summed E-state index contributed by atoms with van der Waals surface area (Å²) in [6.45, 7) is 1.69. The number of carbonyl (C=O) groups is 1. The van der Waals surface area contributed by atoms with E-state index in [1.54, 1.807) is 6.92 Å². The number of hydrogen-bond acceptors (Lipinski definition) is 4. The summed E-state index contributed by atoms with van der Waals surface area (Å²) < 4.78 is 27.3. The number of nitrogens with two attached hydrogens (primary N) is 1. The Balaban J connectivity index is 2.80. The van der Waals surface area contributed by atoms with Crippen LogP contribution in [0.15, 0.2) is 23.1 Å². The number of carboxylic acids is 1. The second-order valence-electron chi connectivity index (χ2n) is 3.46. The molecule has 94 valence electrons. The summed E-state index contributed by atoms with van der Waals surface area (Å²) in [5, 5.41) is 13.4. The predicted molar refractivity (Wildman–Crippen MR) is 60.3 cm³/mol. The molecular formula is C10H13NO5S. The number of benzene rings is 1. The first-order chi connectivity index (χ1) is 7.80. The lowest BCUT2D eigenvalue weighted by atomic mass is 10.2. The largest absolute Gasteiger partial charge is 0.493 e. The third-order valence-corrected chi connectivity index (χ3v) is 2.96. The molecule has 0 saturated carbocycles. The highest BCUT2D eigenvalue weighted by Crippen LogP contribution is 2.21. The van der Waals surface area contributed by atoms with Gasteiger partial charge in [0.05, 0.1) is 17.9 Å². The highest BCUT2D eigenvalue weighted by molar-refractivity contribution is 7.89. The maximum atomic E-state index is 11.1. The van der Waals surface area contributed by atoms with Crippen molar-refractivity contribution in [1.29, 1.82) is 0 Å². The SMILES string of the molecule is Cc1cc(S(N)(=O)=O)ccc1OCCC(=O)O. The minimum Gasteiger partial charge on any atom is -0.493 e. The number of hydrogen-bond donors (Lipinski definition) is 2. The van der Waals surface area contributed by atoms with E-state index >= 15 is 0 Å². The number of sulfonamides is 1. The zero-order chi connectivity index (χ0) is 13.1. The summed E-state index contributed by atoms with van der Waals surface area (Å²) in [5.41, 5.74) is 0.585. The smallest absolute Gasteiger partial charge is 0.306 e. The van der Waals surface area contributed by atoms with Crippen LogP contribution in [0, 0.1) is 6.92 Å². The number of aliphatic carboxylic acids is 1. The fraction of sp³-hybridized carbons (Fsp3) is 0.300. The van der Waals surface area contributed by atoms with Gasteiger partial charge in [-0.3, -0.25) is 4.79 Å². The summed E-state index contributed by atoms with van der Waals surface area (Å²) in [6, 6.07) is 4.15. The summed E-state index contributed by atoms with van der Waals surface area (Å²) in [4.78, 5) is 10.3. The molecule has 0 saturated heterocycles. The van der Waals surface area contributed by atoms with Gasteiger partial charge in [0.1, 0.15) is 5.75 Å². The van der Waals surface area contributed by atoms with Crippen molar-refractivity contribution in [1.82, 2.24) is 0 Å². The highest BCUT2D eigenvalue weighted by atomic mass is 32.2. The highest BCUT2D eigenvalue weighted by Gasteiger charge is 2.10. The maximum absolute atomic E-state index is 11.1. The van der Waals surface area contributed by atoms with Gasteiger partial charge >= 0.3 is 5.97 Å². The molecule has 0 aliphatic heterocycles. The van der Waals surface area contributed by atoms with E-state index in [2.05, 4.69) is 0 Å². The van der Waals surface area contributed by atoms with E-state index in [0.717, 1.165) is 0 Å². The lowest BCUT2D eigenvalue weighted by Gasteiger charge is -2.08. The molecule has 17 heavy (non-hydrogen) atoms. The molecule has 3 N–H and O–H groups in total. The zero-order valence-electron chi connectivity index (χ0n) is 9.21. The van der Waals surface area contributed by atoms with Crippen LogP contribution in [0.3, 0.4) is 0 Å². The third kappa shape index (κ3) is 4.04. The Morgan fingerprint density at radius 1 is 1.47 bits per heavy atom. The molecule has 0 aliphatic carbocycles. The van der Waals surface area contributed by atoms with E-state index in [-0.39, 0.29) is 17.9 Å². The van der Waals surface area contributed by atoms with Crippen LogP contribution in [0.25, 0.3) is 0 Å². The van der Waals surface area contributed by atoms with Gasteiger partial charge in [-0.05, 0) is 30.7 Å². The van der Waals surface area contributed by atoms with Gasteiger partial charge < -0.3 is 9.84 Å². The van der Waals surface area contributed by atoms with Crippen molar-refractivity contribution in [3.05, 3.63) is 23.8 Å². The van der Waals surface area contributed by atoms with Crippen molar-refractivity contribution in [3.8, 4) is 5.75 Å². The molecule has 0 amide bonds. The third-order valence-electron chi connectivity index (χ3n) is 2.05. The van der Waals surface area contributed by atoms with Crippen molar-refractivity contribution in [2.75, 3.05) is 6.61 Å². The van der Waals surface area contributed by atoms with Gasteiger partial charge in [0.2, 0.25) is 10.0 Å². The van der Waals surface area contributed by atoms with Gasteiger partial charge in [0.25, 0.3) is 0 Å². The minimum atomic E-state index is -3.73. The van der Waals surface area contributed by atoms with E-state index in [0.29, 0.717) is 11.3 Å². The molecular weight excluding hydrogens is 246 g/mol. The van der Waals surface area contributed by atoms with Crippen LogP contribution in [-0.2, 0) is 14.8 Å². The molecule has 0 fully saturated rings. The Hall–Kier alpha value is -1.60. The molecule has 7 heteroatoms. The Morgan fingerprint density at radius 2 is 2.12 bits per heavy atom. The second-order valence-corrected chi connectivity index (χ2v) is 5.03.